The van der Waals surface area contributed by atoms with E-state index in [-0.39, 0.29) is 17.0 Å². The average molecular weight is 315 g/mol. The molecule has 0 radical (unpaired) electrons. The van der Waals surface area contributed by atoms with Crippen LogP contribution in [0.2, 0.25) is 0 Å². The fourth-order valence-corrected chi connectivity index (χ4v) is 2.67. The number of hydrogen-bond donors (Lipinski definition) is 3. The second-order valence-electron chi connectivity index (χ2n) is 5.63. The van der Waals surface area contributed by atoms with Crippen molar-refractivity contribution < 1.29 is 18.6 Å². The maximum Gasteiger partial charge on any atom is 0.175 e. The van der Waals surface area contributed by atoms with Crippen LogP contribution in [-0.2, 0) is 9.84 Å². The quantitative estimate of drug-likeness (QED) is 0.672. The Hall–Kier alpha value is -0.950. The summed E-state index contributed by atoms with van der Waals surface area (Å²) in [6.45, 7) is 4.47. The number of nitrogens with one attached hydrogen (secondary N) is 1. The van der Waals surface area contributed by atoms with Gasteiger partial charge in [-0.2, -0.15) is 0 Å². The standard InChI is InChI=1S/C15H25NO4S/c1-4-15(2,9-10-17)16-11-14(18)12-5-7-13(8-6-12)21(3,19)20/h5-8,14,16-18H,4,9-11H2,1-3H3. The minimum absolute atomic E-state index is 0.0937. The molecule has 0 aliphatic carbocycles. The lowest BCUT2D eigenvalue weighted by Crippen LogP contribution is -2.44. The van der Waals surface area contributed by atoms with Gasteiger partial charge in [-0.25, -0.2) is 8.42 Å². The second-order valence-corrected chi connectivity index (χ2v) is 7.64. The fourth-order valence-electron chi connectivity index (χ4n) is 2.04. The number of β-amino-alcohol motifs (C(OH)–C–C–N with tert-alkyl or cyclic N) is 1. The summed E-state index contributed by atoms with van der Waals surface area (Å²) in [6, 6.07) is 6.25. The SMILES string of the molecule is CCC(C)(CCO)NCC(O)c1ccc(S(C)(=O)=O)cc1. The van der Waals surface area contributed by atoms with Gasteiger partial charge in [0.2, 0.25) is 0 Å². The summed E-state index contributed by atoms with van der Waals surface area (Å²) < 4.78 is 22.8. The molecule has 0 heterocycles. The van der Waals surface area contributed by atoms with E-state index in [1.807, 2.05) is 13.8 Å². The van der Waals surface area contributed by atoms with E-state index < -0.39 is 15.9 Å². The molecule has 1 aromatic carbocycles. The molecule has 3 N–H and O–H groups in total. The van der Waals surface area contributed by atoms with Gasteiger partial charge in [-0.1, -0.05) is 19.1 Å². The molecule has 1 rings (SSSR count). The zero-order valence-corrected chi connectivity index (χ0v) is 13.7. The lowest BCUT2D eigenvalue weighted by molar-refractivity contribution is 0.145. The largest absolute Gasteiger partial charge is 0.396 e. The Bertz CT molecular complexity index is 541. The molecule has 21 heavy (non-hydrogen) atoms. The molecule has 120 valence electrons. The molecular weight excluding hydrogens is 290 g/mol. The number of sulfone groups is 1. The molecule has 0 aliphatic heterocycles. The van der Waals surface area contributed by atoms with Gasteiger partial charge < -0.3 is 15.5 Å². The fraction of sp³-hybridized carbons (Fsp3) is 0.600. The number of benzene rings is 1. The van der Waals surface area contributed by atoms with Crippen molar-refractivity contribution in [3.8, 4) is 0 Å². The molecule has 0 saturated heterocycles. The third-order valence-corrected chi connectivity index (χ3v) is 4.99. The molecule has 1 aromatic rings. The summed E-state index contributed by atoms with van der Waals surface area (Å²) in [5.41, 5.74) is 0.444. The van der Waals surface area contributed by atoms with Crippen LogP contribution < -0.4 is 5.32 Å². The van der Waals surface area contributed by atoms with Crippen LogP contribution in [0.25, 0.3) is 0 Å². The summed E-state index contributed by atoms with van der Waals surface area (Å²) in [4.78, 5) is 0.241. The van der Waals surface area contributed by atoms with Crippen molar-refractivity contribution in [1.82, 2.24) is 5.32 Å². The first-order valence-electron chi connectivity index (χ1n) is 7.06. The number of rotatable bonds is 8. The summed E-state index contributed by atoms with van der Waals surface area (Å²) in [6.07, 6.45) is 1.89. The van der Waals surface area contributed by atoms with Crippen molar-refractivity contribution in [3.05, 3.63) is 29.8 Å². The molecule has 2 atom stereocenters. The van der Waals surface area contributed by atoms with Crippen LogP contribution in [0.1, 0.15) is 38.4 Å². The minimum atomic E-state index is -3.22. The van der Waals surface area contributed by atoms with E-state index in [4.69, 9.17) is 5.11 Å². The molecule has 0 amide bonds. The molecule has 0 aliphatic rings. The number of hydrogen-bond acceptors (Lipinski definition) is 5. The smallest absolute Gasteiger partial charge is 0.175 e. The minimum Gasteiger partial charge on any atom is -0.396 e. The Kier molecular flexibility index (Phi) is 6.34. The molecule has 5 nitrogen and oxygen atoms in total. The predicted octanol–water partition coefficient (Wildman–Crippen LogP) is 1.26. The first-order chi connectivity index (χ1) is 9.72. The van der Waals surface area contributed by atoms with Crippen LogP contribution in [0.15, 0.2) is 29.2 Å². The summed E-state index contributed by atoms with van der Waals surface area (Å²) >= 11 is 0. The molecule has 6 heteroatoms. The van der Waals surface area contributed by atoms with Gasteiger partial charge in [-0.15, -0.1) is 0 Å². The number of aliphatic hydroxyl groups excluding tert-OH is 2. The molecule has 0 fully saturated rings. The lowest BCUT2D eigenvalue weighted by atomic mass is 9.94. The highest BCUT2D eigenvalue weighted by atomic mass is 32.2. The van der Waals surface area contributed by atoms with E-state index in [9.17, 15) is 13.5 Å². The van der Waals surface area contributed by atoms with E-state index in [2.05, 4.69) is 5.32 Å². The Morgan fingerprint density at radius 1 is 1.29 bits per heavy atom. The van der Waals surface area contributed by atoms with Gasteiger partial charge in [0.05, 0.1) is 11.0 Å². The van der Waals surface area contributed by atoms with Crippen LogP contribution >= 0.6 is 0 Å². The predicted molar refractivity (Wildman–Crippen MR) is 82.9 cm³/mol. The van der Waals surface area contributed by atoms with Crippen molar-refractivity contribution in [2.45, 2.75) is 43.2 Å². The van der Waals surface area contributed by atoms with E-state index in [1.165, 1.54) is 12.1 Å². The normalized spacial score (nSPS) is 16.4. The van der Waals surface area contributed by atoms with Crippen molar-refractivity contribution in [3.63, 3.8) is 0 Å². The Balaban J connectivity index is 2.70. The Labute approximate surface area is 126 Å². The highest BCUT2D eigenvalue weighted by molar-refractivity contribution is 7.90. The number of aliphatic hydroxyl groups is 2. The lowest BCUT2D eigenvalue weighted by Gasteiger charge is -2.30. The molecular formula is C15H25NO4S. The summed E-state index contributed by atoms with van der Waals surface area (Å²) in [5.74, 6) is 0. The molecule has 2 unspecified atom stereocenters. The third kappa shape index (κ3) is 5.39. The Morgan fingerprint density at radius 3 is 2.29 bits per heavy atom. The molecule has 0 saturated carbocycles. The first kappa shape index (κ1) is 18.1. The third-order valence-electron chi connectivity index (χ3n) is 3.86. The van der Waals surface area contributed by atoms with Crippen LogP contribution in [0.4, 0.5) is 0 Å². The zero-order chi connectivity index (χ0) is 16.1. The Morgan fingerprint density at radius 2 is 1.86 bits per heavy atom. The monoisotopic (exact) mass is 315 g/mol. The van der Waals surface area contributed by atoms with Crippen LogP contribution in [0.3, 0.4) is 0 Å². The maximum absolute atomic E-state index is 11.4. The molecule has 0 aromatic heterocycles. The van der Waals surface area contributed by atoms with Crippen LogP contribution in [-0.4, -0.2) is 43.6 Å². The van der Waals surface area contributed by atoms with Gasteiger partial charge in [0.15, 0.2) is 9.84 Å². The van der Waals surface area contributed by atoms with Crippen LogP contribution in [0.5, 0.6) is 0 Å². The van der Waals surface area contributed by atoms with Crippen molar-refractivity contribution in [1.29, 1.82) is 0 Å². The topological polar surface area (TPSA) is 86.6 Å². The summed E-state index contributed by atoms with van der Waals surface area (Å²) in [7, 11) is -3.22. The zero-order valence-electron chi connectivity index (χ0n) is 12.8. The first-order valence-corrected chi connectivity index (χ1v) is 8.95. The highest BCUT2D eigenvalue weighted by Gasteiger charge is 2.22. The van der Waals surface area contributed by atoms with Gasteiger partial charge in [0, 0.05) is 24.9 Å². The van der Waals surface area contributed by atoms with Gasteiger partial charge in [-0.3, -0.25) is 0 Å². The van der Waals surface area contributed by atoms with Gasteiger partial charge >= 0.3 is 0 Å². The highest BCUT2D eigenvalue weighted by Crippen LogP contribution is 2.19. The van der Waals surface area contributed by atoms with Gasteiger partial charge in [0.25, 0.3) is 0 Å². The van der Waals surface area contributed by atoms with E-state index >= 15 is 0 Å². The summed E-state index contributed by atoms with van der Waals surface area (Å²) in [5, 5.41) is 22.5. The van der Waals surface area contributed by atoms with Gasteiger partial charge in [0.1, 0.15) is 0 Å². The second kappa shape index (κ2) is 7.35. The average Bonchev–Trinajstić information content (AvgIpc) is 2.44. The van der Waals surface area contributed by atoms with Gasteiger partial charge in [-0.05, 0) is 37.5 Å². The molecule has 0 spiro atoms. The van der Waals surface area contributed by atoms with Crippen molar-refractivity contribution in [2.75, 3.05) is 19.4 Å². The molecule has 0 bridgehead atoms. The van der Waals surface area contributed by atoms with Crippen molar-refractivity contribution in [2.24, 2.45) is 0 Å². The van der Waals surface area contributed by atoms with Crippen molar-refractivity contribution >= 4 is 9.84 Å². The van der Waals surface area contributed by atoms with E-state index in [0.717, 1.165) is 12.7 Å². The van der Waals surface area contributed by atoms with E-state index in [1.54, 1.807) is 12.1 Å². The van der Waals surface area contributed by atoms with Crippen LogP contribution in [0, 0.1) is 0 Å². The maximum atomic E-state index is 11.4. The van der Waals surface area contributed by atoms with E-state index in [0.29, 0.717) is 18.5 Å².